The van der Waals surface area contributed by atoms with Gasteiger partial charge in [0.1, 0.15) is 17.7 Å². The standard InChI is InChI=1S/C34H49N5O6S/c1-19(22-9-11-23(12-10-22)28-20(2)35-18-46-28)36-30(42)26-16-25(40)17-39(26)31(43)29(33(3,4)5)38-27(41)15-21-13-24(14-21)37-32(44)45-34(6,7)8/h9-12,18-19,21,24-26,29,40H,13-17H2,1-8H3,(H,36,42)(H,37,44)(H,38,41)/t19-,21?,24?,25+,26-,29?/m0/s1. The Hall–Kier alpha value is -3.51. The fourth-order valence-corrected chi connectivity index (χ4v) is 6.80. The van der Waals surface area contributed by atoms with Gasteiger partial charge in [-0.15, -0.1) is 11.3 Å². The molecule has 1 aromatic carbocycles. The van der Waals surface area contributed by atoms with Crippen LogP contribution in [0.15, 0.2) is 29.8 Å². The lowest BCUT2D eigenvalue weighted by atomic mass is 9.78. The molecule has 12 heteroatoms. The summed E-state index contributed by atoms with van der Waals surface area (Å²) < 4.78 is 5.30. The minimum Gasteiger partial charge on any atom is -0.444 e. The first-order valence-electron chi connectivity index (χ1n) is 16.0. The molecule has 1 aliphatic carbocycles. The Morgan fingerprint density at radius 1 is 1.04 bits per heavy atom. The molecule has 4 amide bonds. The van der Waals surface area contributed by atoms with E-state index in [1.807, 2.05) is 64.4 Å². The first-order valence-corrected chi connectivity index (χ1v) is 16.9. The number of thiazole rings is 1. The number of aliphatic hydroxyl groups excluding tert-OH is 1. The van der Waals surface area contributed by atoms with Gasteiger partial charge in [0.25, 0.3) is 0 Å². The van der Waals surface area contributed by atoms with E-state index in [4.69, 9.17) is 4.74 Å². The highest BCUT2D eigenvalue weighted by Gasteiger charge is 2.45. The van der Waals surface area contributed by atoms with E-state index in [1.54, 1.807) is 32.1 Å². The molecule has 46 heavy (non-hydrogen) atoms. The highest BCUT2D eigenvalue weighted by atomic mass is 32.1. The number of hydrogen-bond donors (Lipinski definition) is 4. The summed E-state index contributed by atoms with van der Waals surface area (Å²) in [5.41, 5.74) is 3.53. The lowest BCUT2D eigenvalue weighted by Crippen LogP contribution is -2.58. The molecule has 0 radical (unpaired) electrons. The fourth-order valence-electron chi connectivity index (χ4n) is 5.99. The van der Waals surface area contributed by atoms with Crippen LogP contribution in [0.3, 0.4) is 0 Å². The second kappa shape index (κ2) is 14.1. The molecule has 1 aromatic heterocycles. The Labute approximate surface area is 275 Å². The van der Waals surface area contributed by atoms with Crippen LogP contribution in [0.5, 0.6) is 0 Å². The van der Waals surface area contributed by atoms with Crippen LogP contribution in [0.25, 0.3) is 10.4 Å². The van der Waals surface area contributed by atoms with Gasteiger partial charge < -0.3 is 30.7 Å². The van der Waals surface area contributed by atoms with E-state index < -0.39 is 41.2 Å². The number of nitrogens with one attached hydrogen (secondary N) is 3. The van der Waals surface area contributed by atoms with Gasteiger partial charge in [-0.3, -0.25) is 14.4 Å². The van der Waals surface area contributed by atoms with Crippen LogP contribution in [0.4, 0.5) is 4.79 Å². The zero-order chi connectivity index (χ0) is 34.0. The SMILES string of the molecule is Cc1ncsc1-c1ccc([C@H](C)NC(=O)[C@@H]2C[C@@H](O)CN2C(=O)C(NC(=O)CC2CC(NC(=O)OC(C)(C)C)C2)C(C)(C)C)cc1. The molecule has 4 atom stereocenters. The molecule has 2 heterocycles. The molecule has 11 nitrogen and oxygen atoms in total. The Balaban J connectivity index is 1.34. The number of hydrogen-bond acceptors (Lipinski definition) is 8. The number of ether oxygens (including phenoxy) is 1. The van der Waals surface area contributed by atoms with Gasteiger partial charge in [0.05, 0.1) is 28.2 Å². The zero-order valence-corrected chi connectivity index (χ0v) is 29.0. The van der Waals surface area contributed by atoms with Crippen LogP contribution in [0, 0.1) is 18.3 Å². The van der Waals surface area contributed by atoms with Gasteiger partial charge in [-0.05, 0) is 69.9 Å². The van der Waals surface area contributed by atoms with Crippen molar-refractivity contribution in [2.24, 2.45) is 11.3 Å². The third-order valence-corrected chi connectivity index (χ3v) is 9.47. The number of carbonyl (C=O) groups excluding carboxylic acids is 4. The van der Waals surface area contributed by atoms with Gasteiger partial charge in [0, 0.05) is 25.4 Å². The molecule has 252 valence electrons. The first-order chi connectivity index (χ1) is 21.4. The average molecular weight is 656 g/mol. The van der Waals surface area contributed by atoms with Crippen molar-refractivity contribution in [3.05, 3.63) is 41.0 Å². The molecular formula is C34H49N5O6S. The largest absolute Gasteiger partial charge is 0.444 e. The van der Waals surface area contributed by atoms with Crippen LogP contribution in [-0.2, 0) is 19.1 Å². The third-order valence-electron chi connectivity index (χ3n) is 8.49. The van der Waals surface area contributed by atoms with Crippen LogP contribution < -0.4 is 16.0 Å². The summed E-state index contributed by atoms with van der Waals surface area (Å²) in [6.07, 6.45) is 0.308. The highest BCUT2D eigenvalue weighted by molar-refractivity contribution is 7.13. The maximum atomic E-state index is 13.9. The van der Waals surface area contributed by atoms with Gasteiger partial charge in [-0.1, -0.05) is 45.0 Å². The van der Waals surface area contributed by atoms with E-state index in [0.29, 0.717) is 12.8 Å². The van der Waals surface area contributed by atoms with Crippen LogP contribution in [0.1, 0.15) is 91.4 Å². The molecule has 4 rings (SSSR count). The highest BCUT2D eigenvalue weighted by Crippen LogP contribution is 2.32. The fraction of sp³-hybridized carbons (Fsp3) is 0.618. The van der Waals surface area contributed by atoms with E-state index >= 15 is 0 Å². The van der Waals surface area contributed by atoms with E-state index in [9.17, 15) is 24.3 Å². The number of amides is 4. The second-order valence-corrected chi connectivity index (χ2v) is 15.6. The molecule has 1 aliphatic heterocycles. The predicted octanol–water partition coefficient (Wildman–Crippen LogP) is 4.48. The minimum atomic E-state index is -0.892. The quantitative estimate of drug-likeness (QED) is 0.311. The molecule has 1 unspecified atom stereocenters. The molecular weight excluding hydrogens is 606 g/mol. The molecule has 0 bridgehead atoms. The van der Waals surface area contributed by atoms with Gasteiger partial charge in [0.15, 0.2) is 0 Å². The van der Waals surface area contributed by atoms with Gasteiger partial charge >= 0.3 is 6.09 Å². The number of benzene rings is 1. The van der Waals surface area contributed by atoms with Crippen LogP contribution in [0.2, 0.25) is 0 Å². The zero-order valence-electron chi connectivity index (χ0n) is 28.2. The third kappa shape index (κ3) is 9.06. The van der Waals surface area contributed by atoms with Crippen molar-refractivity contribution in [2.75, 3.05) is 6.54 Å². The van der Waals surface area contributed by atoms with E-state index in [1.165, 1.54) is 4.90 Å². The van der Waals surface area contributed by atoms with Gasteiger partial charge in [-0.25, -0.2) is 9.78 Å². The Morgan fingerprint density at radius 2 is 1.70 bits per heavy atom. The predicted molar refractivity (Wildman–Crippen MR) is 177 cm³/mol. The summed E-state index contributed by atoms with van der Waals surface area (Å²) in [5.74, 6) is -0.936. The van der Waals surface area contributed by atoms with Crippen molar-refractivity contribution < 1.29 is 29.0 Å². The average Bonchev–Trinajstić information content (AvgIpc) is 3.53. The molecule has 2 aromatic rings. The van der Waals surface area contributed by atoms with Crippen molar-refractivity contribution in [1.29, 1.82) is 0 Å². The normalized spacial score (nSPS) is 22.8. The number of aromatic nitrogens is 1. The van der Waals surface area contributed by atoms with Crippen molar-refractivity contribution in [3.63, 3.8) is 0 Å². The number of alkyl carbamates (subject to hydrolysis) is 1. The summed E-state index contributed by atoms with van der Waals surface area (Å²) in [5, 5.41) is 19.3. The minimum absolute atomic E-state index is 0.0112. The van der Waals surface area contributed by atoms with Crippen molar-refractivity contribution in [2.45, 2.75) is 117 Å². The summed E-state index contributed by atoms with van der Waals surface area (Å²) in [4.78, 5) is 59.4. The lowest BCUT2D eigenvalue weighted by molar-refractivity contribution is -0.144. The molecule has 2 aliphatic rings. The summed E-state index contributed by atoms with van der Waals surface area (Å²) >= 11 is 1.58. The lowest BCUT2D eigenvalue weighted by Gasteiger charge is -2.38. The van der Waals surface area contributed by atoms with Crippen molar-refractivity contribution >= 4 is 35.2 Å². The second-order valence-electron chi connectivity index (χ2n) is 14.8. The Kier molecular flexibility index (Phi) is 10.8. The summed E-state index contributed by atoms with van der Waals surface area (Å²) in [6, 6.07) is 5.81. The molecule has 1 saturated carbocycles. The van der Waals surface area contributed by atoms with Gasteiger partial charge in [-0.2, -0.15) is 0 Å². The number of rotatable bonds is 9. The number of β-amino-alcohol motifs (C(OH)–C–C–N with tert-alkyl or cyclic N) is 1. The summed E-state index contributed by atoms with van der Waals surface area (Å²) in [6.45, 7) is 14.9. The van der Waals surface area contributed by atoms with E-state index in [0.717, 1.165) is 21.7 Å². The van der Waals surface area contributed by atoms with Crippen molar-refractivity contribution in [3.8, 4) is 10.4 Å². The number of aryl methyl sites for hydroxylation is 1. The summed E-state index contributed by atoms with van der Waals surface area (Å²) in [7, 11) is 0. The Bertz CT molecular complexity index is 1410. The maximum absolute atomic E-state index is 13.9. The molecule has 2 fully saturated rings. The van der Waals surface area contributed by atoms with E-state index in [-0.39, 0.29) is 49.2 Å². The molecule has 1 saturated heterocycles. The monoisotopic (exact) mass is 655 g/mol. The molecule has 0 spiro atoms. The number of aliphatic hydroxyl groups is 1. The van der Waals surface area contributed by atoms with Gasteiger partial charge in [0.2, 0.25) is 17.7 Å². The van der Waals surface area contributed by atoms with E-state index in [2.05, 4.69) is 20.9 Å². The van der Waals surface area contributed by atoms with Crippen LogP contribution >= 0.6 is 11.3 Å². The number of nitrogens with zero attached hydrogens (tertiary/aromatic N) is 2. The van der Waals surface area contributed by atoms with Crippen LogP contribution in [-0.4, -0.2) is 75.2 Å². The Morgan fingerprint density at radius 3 is 2.26 bits per heavy atom. The maximum Gasteiger partial charge on any atom is 0.407 e. The van der Waals surface area contributed by atoms with Crippen molar-refractivity contribution in [1.82, 2.24) is 25.8 Å². The topological polar surface area (TPSA) is 150 Å². The molecule has 4 N–H and O–H groups in total. The smallest absolute Gasteiger partial charge is 0.407 e. The number of carbonyl (C=O) groups is 4. The first kappa shape index (κ1) is 35.3. The number of likely N-dealkylation sites (tertiary alicyclic amines) is 1.